The van der Waals surface area contributed by atoms with E-state index in [9.17, 15) is 9.59 Å². The Bertz CT molecular complexity index is 1340. The number of rotatable bonds is 2. The highest BCUT2D eigenvalue weighted by Crippen LogP contribution is 2.26. The Balaban J connectivity index is 2.00. The highest BCUT2D eigenvalue weighted by atomic mass is 16.4. The summed E-state index contributed by atoms with van der Waals surface area (Å²) in [5.74, 6) is 1.04. The average molecular weight is 380 g/mol. The fourth-order valence-electron chi connectivity index (χ4n) is 3.38. The number of fused-ring (bicyclic) bond motifs is 3. The van der Waals surface area contributed by atoms with Crippen LogP contribution in [-0.2, 0) is 19.0 Å². The second kappa shape index (κ2) is 5.95. The Hall–Kier alpha value is -3.09. The summed E-state index contributed by atoms with van der Waals surface area (Å²) in [7, 11) is 1.63. The van der Waals surface area contributed by atoms with E-state index in [4.69, 9.17) is 4.42 Å². The first-order valence-corrected chi connectivity index (χ1v) is 9.26. The topological polar surface area (TPSA) is 74.4 Å². The third kappa shape index (κ3) is 2.69. The van der Waals surface area contributed by atoms with Gasteiger partial charge in [0, 0.05) is 12.5 Å². The van der Waals surface area contributed by atoms with Gasteiger partial charge in [0.15, 0.2) is 11.2 Å². The Labute approximate surface area is 161 Å². The van der Waals surface area contributed by atoms with Gasteiger partial charge in [-0.15, -0.1) is 0 Å². The molecule has 0 fully saturated rings. The van der Waals surface area contributed by atoms with Gasteiger partial charge in [-0.2, -0.15) is 4.98 Å². The van der Waals surface area contributed by atoms with Gasteiger partial charge in [-0.1, -0.05) is 44.5 Å². The van der Waals surface area contributed by atoms with Crippen molar-refractivity contribution >= 4 is 17.0 Å². The van der Waals surface area contributed by atoms with E-state index in [-0.39, 0.29) is 17.5 Å². The van der Waals surface area contributed by atoms with Crippen LogP contribution >= 0.6 is 0 Å². The van der Waals surface area contributed by atoms with E-state index in [1.807, 2.05) is 52.8 Å². The smallest absolute Gasteiger partial charge is 0.332 e. The summed E-state index contributed by atoms with van der Waals surface area (Å²) < 4.78 is 10.2. The molecule has 0 unspecified atom stereocenters. The standard InChI is InChI=1S/C21H24N4O3/c1-12-7-8-13(2)14(9-12)10-25-18(26)16-17(23(6)20(25)27)22-19-24(16)11-15(28-19)21(3,4)5/h7-9,11H,10H2,1-6H3. The number of nitrogens with zero attached hydrogens (tertiary/aromatic N) is 4. The lowest BCUT2D eigenvalue weighted by atomic mass is 9.94. The van der Waals surface area contributed by atoms with Crippen molar-refractivity contribution in [3.63, 3.8) is 0 Å². The van der Waals surface area contributed by atoms with Crippen LogP contribution in [0.2, 0.25) is 0 Å². The maximum absolute atomic E-state index is 13.3. The minimum Gasteiger partial charge on any atom is -0.428 e. The average Bonchev–Trinajstić information content (AvgIpc) is 3.17. The molecule has 7 heteroatoms. The zero-order valence-electron chi connectivity index (χ0n) is 17.0. The minimum atomic E-state index is -0.393. The Morgan fingerprint density at radius 1 is 1.14 bits per heavy atom. The minimum absolute atomic E-state index is 0.214. The first-order chi connectivity index (χ1) is 13.1. The van der Waals surface area contributed by atoms with Crippen molar-refractivity contribution in [3.8, 4) is 0 Å². The molecule has 0 saturated carbocycles. The van der Waals surface area contributed by atoms with Crippen molar-refractivity contribution in [1.82, 2.24) is 18.5 Å². The van der Waals surface area contributed by atoms with Crippen molar-refractivity contribution in [3.05, 3.63) is 67.7 Å². The molecule has 0 radical (unpaired) electrons. The molecule has 7 nitrogen and oxygen atoms in total. The summed E-state index contributed by atoms with van der Waals surface area (Å²) in [6.07, 6.45) is 1.79. The molecule has 0 aliphatic rings. The van der Waals surface area contributed by atoms with Gasteiger partial charge < -0.3 is 4.42 Å². The second-order valence-corrected chi connectivity index (χ2v) is 8.44. The zero-order valence-corrected chi connectivity index (χ0v) is 17.0. The normalized spacial score (nSPS) is 12.4. The van der Waals surface area contributed by atoms with E-state index < -0.39 is 5.69 Å². The third-order valence-corrected chi connectivity index (χ3v) is 5.16. The maximum atomic E-state index is 13.3. The zero-order chi connectivity index (χ0) is 20.4. The lowest BCUT2D eigenvalue weighted by molar-refractivity contribution is 0.425. The van der Waals surface area contributed by atoms with Crippen molar-refractivity contribution in [1.29, 1.82) is 0 Å². The van der Waals surface area contributed by atoms with Gasteiger partial charge in [0.1, 0.15) is 5.76 Å². The van der Waals surface area contributed by atoms with E-state index in [0.29, 0.717) is 17.0 Å². The van der Waals surface area contributed by atoms with E-state index in [1.165, 1.54) is 9.13 Å². The molecule has 28 heavy (non-hydrogen) atoms. The molecule has 0 saturated heterocycles. The highest BCUT2D eigenvalue weighted by Gasteiger charge is 2.24. The Morgan fingerprint density at radius 2 is 1.86 bits per heavy atom. The number of aryl methyl sites for hydroxylation is 3. The van der Waals surface area contributed by atoms with Gasteiger partial charge in [0.2, 0.25) is 0 Å². The van der Waals surface area contributed by atoms with Crippen molar-refractivity contribution in [2.24, 2.45) is 7.05 Å². The summed E-state index contributed by atoms with van der Waals surface area (Å²) in [6, 6.07) is 6.03. The van der Waals surface area contributed by atoms with Crippen LogP contribution in [0.25, 0.3) is 17.0 Å². The third-order valence-electron chi connectivity index (χ3n) is 5.16. The SMILES string of the molecule is Cc1ccc(C)c(Cn2c(=O)c3c(nc4oc(C(C)(C)C)cn43)n(C)c2=O)c1. The van der Waals surface area contributed by atoms with Crippen LogP contribution in [0.3, 0.4) is 0 Å². The molecule has 0 N–H and O–H groups in total. The predicted molar refractivity (Wildman–Crippen MR) is 108 cm³/mol. The van der Waals surface area contributed by atoms with Gasteiger partial charge in [-0.25, -0.2) is 4.79 Å². The summed E-state index contributed by atoms with van der Waals surface area (Å²) in [4.78, 5) is 30.6. The van der Waals surface area contributed by atoms with Crippen LogP contribution in [0.1, 0.15) is 43.2 Å². The molecule has 3 heterocycles. The largest absolute Gasteiger partial charge is 0.428 e. The van der Waals surface area contributed by atoms with Gasteiger partial charge in [-0.05, 0) is 25.0 Å². The molecule has 0 bridgehead atoms. The number of hydrogen-bond acceptors (Lipinski definition) is 4. The Kier molecular flexibility index (Phi) is 3.89. The first kappa shape index (κ1) is 18.3. The van der Waals surface area contributed by atoms with Crippen LogP contribution in [-0.4, -0.2) is 18.5 Å². The molecule has 0 spiro atoms. The molecule has 0 amide bonds. The number of hydrogen-bond donors (Lipinski definition) is 0. The number of aromatic nitrogens is 4. The fraction of sp³-hybridized carbons (Fsp3) is 0.381. The summed E-state index contributed by atoms with van der Waals surface area (Å²) in [6.45, 7) is 10.3. The van der Waals surface area contributed by atoms with Crippen LogP contribution in [0.15, 0.2) is 38.4 Å². The van der Waals surface area contributed by atoms with Crippen LogP contribution in [0, 0.1) is 13.8 Å². The van der Waals surface area contributed by atoms with Gasteiger partial charge in [-0.3, -0.25) is 18.3 Å². The quantitative estimate of drug-likeness (QED) is 0.536. The number of benzene rings is 1. The van der Waals surface area contributed by atoms with Crippen LogP contribution in [0.4, 0.5) is 0 Å². The lowest BCUT2D eigenvalue weighted by Gasteiger charge is -2.13. The van der Waals surface area contributed by atoms with E-state index >= 15 is 0 Å². The molecular formula is C21H24N4O3. The van der Waals surface area contributed by atoms with E-state index in [2.05, 4.69) is 4.98 Å². The Morgan fingerprint density at radius 3 is 2.54 bits per heavy atom. The number of imidazole rings is 1. The van der Waals surface area contributed by atoms with E-state index in [1.54, 1.807) is 17.6 Å². The lowest BCUT2D eigenvalue weighted by Crippen LogP contribution is -2.39. The van der Waals surface area contributed by atoms with Crippen molar-refractivity contribution < 1.29 is 4.42 Å². The fourth-order valence-corrected chi connectivity index (χ4v) is 3.38. The predicted octanol–water partition coefficient (Wildman–Crippen LogP) is 2.90. The molecule has 0 aliphatic carbocycles. The molecule has 0 aliphatic heterocycles. The number of oxazole rings is 1. The molecule has 0 atom stereocenters. The van der Waals surface area contributed by atoms with Crippen molar-refractivity contribution in [2.45, 2.75) is 46.6 Å². The summed E-state index contributed by atoms with van der Waals surface area (Å²) in [5.41, 5.74) is 2.77. The summed E-state index contributed by atoms with van der Waals surface area (Å²) in [5, 5.41) is 0. The van der Waals surface area contributed by atoms with E-state index in [0.717, 1.165) is 22.5 Å². The van der Waals surface area contributed by atoms with Gasteiger partial charge >= 0.3 is 11.5 Å². The van der Waals surface area contributed by atoms with Gasteiger partial charge in [0.05, 0.1) is 12.7 Å². The second-order valence-electron chi connectivity index (χ2n) is 8.44. The molecule has 4 rings (SSSR count). The monoisotopic (exact) mass is 380 g/mol. The van der Waals surface area contributed by atoms with Gasteiger partial charge in [0.25, 0.3) is 5.56 Å². The molecular weight excluding hydrogens is 356 g/mol. The first-order valence-electron chi connectivity index (χ1n) is 9.26. The molecule has 1 aromatic carbocycles. The molecule has 4 aromatic rings. The maximum Gasteiger partial charge on any atom is 0.332 e. The van der Waals surface area contributed by atoms with Crippen molar-refractivity contribution in [2.75, 3.05) is 0 Å². The van der Waals surface area contributed by atoms with Crippen LogP contribution in [0.5, 0.6) is 0 Å². The molecule has 146 valence electrons. The van der Waals surface area contributed by atoms with Crippen LogP contribution < -0.4 is 11.2 Å². The molecule has 3 aromatic heterocycles. The highest BCUT2D eigenvalue weighted by molar-refractivity contribution is 5.74. The summed E-state index contributed by atoms with van der Waals surface area (Å²) >= 11 is 0.